The van der Waals surface area contributed by atoms with Crippen LogP contribution in [0.4, 0.5) is 0 Å². The molecule has 0 aromatic heterocycles. The van der Waals surface area contributed by atoms with Crippen LogP contribution < -0.4 is 0 Å². The zero-order chi connectivity index (χ0) is 10.1. The summed E-state index contributed by atoms with van der Waals surface area (Å²) in [6.07, 6.45) is 3.16. The second-order valence-electron chi connectivity index (χ2n) is 4.53. The monoisotopic (exact) mass is 190 g/mol. The molecule has 2 rings (SSSR count). The van der Waals surface area contributed by atoms with E-state index in [1.54, 1.807) is 0 Å². The zero-order valence-corrected chi connectivity index (χ0v) is 8.96. The molecule has 0 amide bonds. The summed E-state index contributed by atoms with van der Waals surface area (Å²) in [5.74, 6) is 0.383. The van der Waals surface area contributed by atoms with Crippen LogP contribution in [0.2, 0.25) is 0 Å². The highest BCUT2D eigenvalue weighted by Crippen LogP contribution is 2.35. The van der Waals surface area contributed by atoms with Gasteiger partial charge in [-0.15, -0.1) is 0 Å². The van der Waals surface area contributed by atoms with Gasteiger partial charge < -0.3 is 5.11 Å². The summed E-state index contributed by atoms with van der Waals surface area (Å²) in [7, 11) is 0. The van der Waals surface area contributed by atoms with Gasteiger partial charge in [-0.25, -0.2) is 0 Å². The van der Waals surface area contributed by atoms with Gasteiger partial charge >= 0.3 is 0 Å². The maximum absolute atomic E-state index is 9.82. The Bertz CT molecular complexity index is 310. The largest absolute Gasteiger partial charge is 0.392 e. The van der Waals surface area contributed by atoms with E-state index < -0.39 is 0 Å². The Morgan fingerprint density at radius 3 is 2.21 bits per heavy atom. The Morgan fingerprint density at radius 1 is 1.07 bits per heavy atom. The van der Waals surface area contributed by atoms with Crippen molar-refractivity contribution in [2.45, 2.75) is 45.1 Å². The first-order valence-electron chi connectivity index (χ1n) is 5.43. The molecule has 76 valence electrons. The lowest BCUT2D eigenvalue weighted by Crippen LogP contribution is -2.11. The lowest BCUT2D eigenvalue weighted by molar-refractivity contribution is 0.164. The van der Waals surface area contributed by atoms with Gasteiger partial charge in [0.15, 0.2) is 0 Å². The van der Waals surface area contributed by atoms with E-state index in [-0.39, 0.29) is 6.10 Å². The summed E-state index contributed by atoms with van der Waals surface area (Å²) in [5.41, 5.74) is 3.94. The Balaban J connectivity index is 2.31. The number of rotatable bonds is 1. The predicted octanol–water partition coefficient (Wildman–Crippen LogP) is 2.93. The molecule has 14 heavy (non-hydrogen) atoms. The number of aliphatic hydroxyl groups excluding tert-OH is 1. The van der Waals surface area contributed by atoms with Gasteiger partial charge in [0.05, 0.1) is 6.10 Å². The molecule has 0 heterocycles. The molecule has 2 atom stereocenters. The molecule has 1 heteroatoms. The van der Waals surface area contributed by atoms with Crippen molar-refractivity contribution in [3.8, 4) is 0 Å². The van der Waals surface area contributed by atoms with Crippen molar-refractivity contribution in [1.29, 1.82) is 0 Å². The number of hydrogen-bond acceptors (Lipinski definition) is 1. The van der Waals surface area contributed by atoms with Crippen LogP contribution in [-0.2, 0) is 0 Å². The number of aryl methyl sites for hydroxylation is 2. The third kappa shape index (κ3) is 1.83. The molecule has 0 bridgehead atoms. The van der Waals surface area contributed by atoms with E-state index in [1.807, 2.05) is 0 Å². The van der Waals surface area contributed by atoms with Crippen LogP contribution in [0.1, 0.15) is 41.9 Å². The van der Waals surface area contributed by atoms with E-state index >= 15 is 0 Å². The summed E-state index contributed by atoms with van der Waals surface area (Å²) < 4.78 is 0. The number of benzene rings is 1. The van der Waals surface area contributed by atoms with E-state index in [0.717, 1.165) is 12.8 Å². The van der Waals surface area contributed by atoms with Crippen LogP contribution >= 0.6 is 0 Å². The highest BCUT2D eigenvalue weighted by atomic mass is 16.3. The lowest BCUT2D eigenvalue weighted by atomic mass is 9.93. The van der Waals surface area contributed by atoms with Crippen molar-refractivity contribution in [3.05, 3.63) is 34.9 Å². The first kappa shape index (κ1) is 9.72. The number of aliphatic hydroxyl groups is 1. The highest BCUT2D eigenvalue weighted by Gasteiger charge is 2.26. The molecule has 0 saturated heterocycles. The molecule has 0 spiro atoms. The molecule has 1 aromatic rings. The van der Waals surface area contributed by atoms with Gasteiger partial charge in [-0.05, 0) is 32.3 Å². The standard InChI is InChI=1S/C13H18O/c1-9-6-10(2)8-11(7-9)12-4-3-5-13(12)14/h6-8,12-14H,3-5H2,1-2H3. The summed E-state index contributed by atoms with van der Waals surface area (Å²) >= 11 is 0. The predicted molar refractivity (Wildman–Crippen MR) is 58.5 cm³/mol. The van der Waals surface area contributed by atoms with Gasteiger partial charge in [-0.2, -0.15) is 0 Å². The second-order valence-corrected chi connectivity index (χ2v) is 4.53. The fraction of sp³-hybridized carbons (Fsp3) is 0.538. The van der Waals surface area contributed by atoms with Crippen molar-refractivity contribution in [2.75, 3.05) is 0 Å². The van der Waals surface area contributed by atoms with Crippen LogP contribution in [0.15, 0.2) is 18.2 Å². The summed E-state index contributed by atoms with van der Waals surface area (Å²) in [6, 6.07) is 6.61. The second kappa shape index (κ2) is 3.74. The van der Waals surface area contributed by atoms with Gasteiger partial charge in [-0.1, -0.05) is 35.7 Å². The average Bonchev–Trinajstić information content (AvgIpc) is 2.49. The smallest absolute Gasteiger partial charge is 0.0608 e. The van der Waals surface area contributed by atoms with Crippen LogP contribution in [0.5, 0.6) is 0 Å². The van der Waals surface area contributed by atoms with E-state index in [4.69, 9.17) is 0 Å². The Labute approximate surface area is 85.8 Å². The molecular weight excluding hydrogens is 172 g/mol. The highest BCUT2D eigenvalue weighted by molar-refractivity contribution is 5.32. The fourth-order valence-corrected chi connectivity index (χ4v) is 2.55. The molecule has 2 unspecified atom stereocenters. The van der Waals surface area contributed by atoms with Gasteiger partial charge in [0, 0.05) is 5.92 Å². The molecule has 1 saturated carbocycles. The van der Waals surface area contributed by atoms with E-state index in [2.05, 4.69) is 32.0 Å². The molecule has 1 aliphatic rings. The van der Waals surface area contributed by atoms with Gasteiger partial charge in [0.1, 0.15) is 0 Å². The van der Waals surface area contributed by atoms with Crippen molar-refractivity contribution >= 4 is 0 Å². The van der Waals surface area contributed by atoms with Crippen LogP contribution in [0.25, 0.3) is 0 Å². The minimum atomic E-state index is -0.115. The van der Waals surface area contributed by atoms with Crippen molar-refractivity contribution in [2.24, 2.45) is 0 Å². The first-order valence-corrected chi connectivity index (χ1v) is 5.43. The van der Waals surface area contributed by atoms with Crippen molar-refractivity contribution in [1.82, 2.24) is 0 Å². The molecule has 0 aliphatic heterocycles. The van der Waals surface area contributed by atoms with Crippen molar-refractivity contribution < 1.29 is 5.11 Å². The van der Waals surface area contributed by atoms with Crippen LogP contribution in [0.3, 0.4) is 0 Å². The summed E-state index contributed by atoms with van der Waals surface area (Å²) in [6.45, 7) is 4.25. The molecule has 0 radical (unpaired) electrons. The van der Waals surface area contributed by atoms with E-state index in [1.165, 1.54) is 23.1 Å². The van der Waals surface area contributed by atoms with Gasteiger partial charge in [-0.3, -0.25) is 0 Å². The van der Waals surface area contributed by atoms with Gasteiger partial charge in [0.25, 0.3) is 0 Å². The lowest BCUT2D eigenvalue weighted by Gasteiger charge is -2.16. The average molecular weight is 190 g/mol. The molecule has 1 aliphatic carbocycles. The van der Waals surface area contributed by atoms with E-state index in [9.17, 15) is 5.11 Å². The topological polar surface area (TPSA) is 20.2 Å². The minimum absolute atomic E-state index is 0.115. The Morgan fingerprint density at radius 2 is 1.71 bits per heavy atom. The third-order valence-electron chi connectivity index (χ3n) is 3.15. The normalized spacial score (nSPS) is 26.8. The quantitative estimate of drug-likeness (QED) is 0.722. The van der Waals surface area contributed by atoms with Crippen LogP contribution in [0, 0.1) is 13.8 Å². The third-order valence-corrected chi connectivity index (χ3v) is 3.15. The maximum Gasteiger partial charge on any atom is 0.0608 e. The molecule has 1 nitrogen and oxygen atoms in total. The summed E-state index contributed by atoms with van der Waals surface area (Å²) in [4.78, 5) is 0. The zero-order valence-electron chi connectivity index (χ0n) is 8.96. The minimum Gasteiger partial charge on any atom is -0.392 e. The van der Waals surface area contributed by atoms with Crippen molar-refractivity contribution in [3.63, 3.8) is 0 Å². The maximum atomic E-state index is 9.82. The Hall–Kier alpha value is -0.820. The Kier molecular flexibility index (Phi) is 2.60. The molecule has 1 fully saturated rings. The number of hydrogen-bond donors (Lipinski definition) is 1. The van der Waals surface area contributed by atoms with E-state index in [0.29, 0.717) is 5.92 Å². The SMILES string of the molecule is Cc1cc(C)cc(C2CCCC2O)c1. The fourth-order valence-electron chi connectivity index (χ4n) is 2.55. The van der Waals surface area contributed by atoms with Gasteiger partial charge in [0.2, 0.25) is 0 Å². The molecule has 1 aromatic carbocycles. The summed E-state index contributed by atoms with van der Waals surface area (Å²) in [5, 5.41) is 9.82. The molecule has 1 N–H and O–H groups in total. The first-order chi connectivity index (χ1) is 6.66. The van der Waals surface area contributed by atoms with Crippen LogP contribution in [-0.4, -0.2) is 11.2 Å². The molecular formula is C13H18O.